The molecule has 0 unspecified atom stereocenters. The van der Waals surface area contributed by atoms with Crippen molar-refractivity contribution >= 4 is 59.6 Å². The minimum Gasteiger partial charge on any atom is -0.367 e. The first-order chi connectivity index (χ1) is 24.4. The second-order valence-electron chi connectivity index (χ2n) is 12.6. The third kappa shape index (κ3) is 9.21. The third-order valence-electron chi connectivity index (χ3n) is 7.85. The summed E-state index contributed by atoms with van der Waals surface area (Å²) in [5.74, 6) is 0. The molecule has 0 aliphatic rings. The molecule has 0 saturated heterocycles. The molecule has 6 rings (SSSR count). The van der Waals surface area contributed by atoms with Gasteiger partial charge in [0.05, 0.1) is 11.4 Å². The van der Waals surface area contributed by atoms with Crippen LogP contribution >= 0.6 is 15.8 Å². The van der Waals surface area contributed by atoms with Crippen LogP contribution in [0.3, 0.4) is 0 Å². The molecule has 0 fully saturated rings. The summed E-state index contributed by atoms with van der Waals surface area (Å²) >= 11 is 0. The van der Waals surface area contributed by atoms with E-state index in [4.69, 9.17) is 9.98 Å². The van der Waals surface area contributed by atoms with Gasteiger partial charge in [-0.15, -0.1) is 0 Å². The van der Waals surface area contributed by atoms with Gasteiger partial charge in [0, 0.05) is 27.9 Å². The number of rotatable bonds is 11. The molecule has 0 spiro atoms. The molecule has 0 aliphatic heterocycles. The molecule has 0 radical (unpaired) electrons. The Morgan fingerprint density at radius 2 is 0.640 bits per heavy atom. The molecule has 4 nitrogen and oxygen atoms in total. The fourth-order valence-electron chi connectivity index (χ4n) is 5.61. The Morgan fingerprint density at radius 3 is 0.880 bits per heavy atom. The molecule has 50 heavy (non-hydrogen) atoms. The smallest absolute Gasteiger partial charge is 0.134 e. The van der Waals surface area contributed by atoms with E-state index >= 15 is 0 Å². The van der Waals surface area contributed by atoms with E-state index in [1.165, 1.54) is 21.2 Å². The van der Waals surface area contributed by atoms with Gasteiger partial charge in [-0.2, -0.15) is 0 Å². The lowest BCUT2D eigenvalue weighted by atomic mass is 10.1. The number of hydrogen-bond donors (Lipinski definition) is 2. The monoisotopic (exact) mass is 690 g/mol. The Labute approximate surface area is 300 Å². The average Bonchev–Trinajstić information content (AvgIpc) is 3.14. The summed E-state index contributed by atoms with van der Waals surface area (Å²) in [7, 11) is -1.70. The highest BCUT2D eigenvalue weighted by atomic mass is 31.1. The van der Waals surface area contributed by atoms with Crippen LogP contribution in [0.15, 0.2) is 180 Å². The van der Waals surface area contributed by atoms with Crippen molar-refractivity contribution in [3.8, 4) is 11.1 Å². The molecule has 250 valence electrons. The van der Waals surface area contributed by atoms with Crippen LogP contribution in [0.2, 0.25) is 0 Å². The van der Waals surface area contributed by atoms with Gasteiger partial charge in [0.25, 0.3) is 0 Å². The van der Waals surface area contributed by atoms with E-state index < -0.39 is 15.8 Å². The summed E-state index contributed by atoms with van der Waals surface area (Å²) in [6, 6.07) is 60.4. The average molecular weight is 691 g/mol. The second kappa shape index (κ2) is 17.2. The number of aliphatic imine (C=N–C) groups is 2. The van der Waals surface area contributed by atoms with Crippen LogP contribution in [0.25, 0.3) is 11.1 Å². The molecule has 0 amide bonds. The zero-order chi connectivity index (χ0) is 34.7. The van der Waals surface area contributed by atoms with Gasteiger partial charge >= 0.3 is 0 Å². The van der Waals surface area contributed by atoms with Gasteiger partial charge in [-0.1, -0.05) is 146 Å². The quantitative estimate of drug-likeness (QED) is 0.0809. The van der Waals surface area contributed by atoms with E-state index in [-0.39, 0.29) is 12.1 Å². The molecule has 6 aromatic carbocycles. The molecular weight excluding hydrogens is 646 g/mol. The summed E-state index contributed by atoms with van der Waals surface area (Å²) in [6.07, 6.45) is 0. The van der Waals surface area contributed by atoms with Crippen molar-refractivity contribution in [1.82, 2.24) is 10.6 Å². The Kier molecular flexibility index (Phi) is 12.0. The Morgan fingerprint density at radius 1 is 0.380 bits per heavy atom. The lowest BCUT2D eigenvalue weighted by Gasteiger charge is -2.24. The third-order valence-corrected chi connectivity index (χ3v) is 12.4. The second-order valence-corrected chi connectivity index (χ2v) is 16.8. The van der Waals surface area contributed by atoms with Crippen molar-refractivity contribution in [3.63, 3.8) is 0 Å². The van der Waals surface area contributed by atoms with Crippen LogP contribution in [0.4, 0.5) is 11.4 Å². The molecule has 0 heterocycles. The number of hydrogen-bond acceptors (Lipinski definition) is 2. The first kappa shape index (κ1) is 35.0. The van der Waals surface area contributed by atoms with Gasteiger partial charge in [0.1, 0.15) is 11.2 Å². The maximum Gasteiger partial charge on any atom is 0.134 e. The van der Waals surface area contributed by atoms with Crippen molar-refractivity contribution in [2.75, 3.05) is 0 Å². The van der Waals surface area contributed by atoms with Crippen LogP contribution in [-0.4, -0.2) is 23.2 Å². The summed E-state index contributed by atoms with van der Waals surface area (Å²) in [5, 5.41) is 12.5. The first-order valence-electron chi connectivity index (χ1n) is 17.2. The van der Waals surface area contributed by atoms with Crippen molar-refractivity contribution in [3.05, 3.63) is 170 Å². The Bertz CT molecular complexity index is 1750. The largest absolute Gasteiger partial charge is 0.367 e. The van der Waals surface area contributed by atoms with Crippen LogP contribution < -0.4 is 31.9 Å². The van der Waals surface area contributed by atoms with Crippen molar-refractivity contribution in [1.29, 1.82) is 0 Å². The molecule has 0 aliphatic carbocycles. The minimum atomic E-state index is -0.851. The van der Waals surface area contributed by atoms with E-state index in [0.717, 1.165) is 33.7 Å². The van der Waals surface area contributed by atoms with Crippen LogP contribution in [0.5, 0.6) is 0 Å². The zero-order valence-corrected chi connectivity index (χ0v) is 30.9. The Hall–Kier alpha value is -4.88. The molecule has 0 bridgehead atoms. The summed E-state index contributed by atoms with van der Waals surface area (Å²) in [6.45, 7) is 8.68. The van der Waals surface area contributed by atoms with E-state index in [0.29, 0.717) is 0 Å². The van der Waals surface area contributed by atoms with Gasteiger partial charge < -0.3 is 10.6 Å². The van der Waals surface area contributed by atoms with E-state index in [9.17, 15) is 0 Å². The molecule has 6 aromatic rings. The number of nitrogens with zero attached hydrogens (tertiary/aromatic N) is 2. The van der Waals surface area contributed by atoms with E-state index in [1.807, 2.05) is 0 Å². The highest BCUT2D eigenvalue weighted by Gasteiger charge is 2.23. The summed E-state index contributed by atoms with van der Waals surface area (Å²) in [5.41, 5.74) is 6.14. The fraction of sp³-hybridized carbons (Fsp3) is 0.136. The maximum absolute atomic E-state index is 5.23. The normalized spacial score (nSPS) is 12.2. The van der Waals surface area contributed by atoms with Gasteiger partial charge in [-0.25, -0.2) is 9.98 Å². The molecule has 0 atom stereocenters. The molecule has 0 saturated carbocycles. The number of benzene rings is 6. The van der Waals surface area contributed by atoms with Crippen LogP contribution in [0.1, 0.15) is 27.7 Å². The predicted molar refractivity (Wildman–Crippen MR) is 221 cm³/mol. The van der Waals surface area contributed by atoms with Crippen molar-refractivity contribution in [2.45, 2.75) is 39.8 Å². The number of nitrogens with one attached hydrogen (secondary N) is 2. The van der Waals surface area contributed by atoms with E-state index in [1.54, 1.807) is 0 Å². The van der Waals surface area contributed by atoms with Gasteiger partial charge in [0.2, 0.25) is 0 Å². The summed E-state index contributed by atoms with van der Waals surface area (Å²) in [4.78, 5) is 10.5. The van der Waals surface area contributed by atoms with Crippen LogP contribution in [0, 0.1) is 0 Å². The van der Waals surface area contributed by atoms with Gasteiger partial charge in [-0.3, -0.25) is 0 Å². The van der Waals surface area contributed by atoms with Gasteiger partial charge in [-0.05, 0) is 84.3 Å². The Balaban J connectivity index is 1.29. The minimum absolute atomic E-state index is 0.250. The standard InChI is InChI=1S/C44H44N4P2/c1-33(2)45-43(49(39-17-9-5-10-18-39)40-19-11-6-12-20-40)47-37-29-25-35(26-30-37)36-27-31-38(32-28-36)48-44(46-34(3)4)50(41-21-13-7-14-22-41)42-23-15-8-16-24-42/h5-34H,1-4H3,(H,45,47)(H,46,48). The zero-order valence-electron chi connectivity index (χ0n) is 29.1. The predicted octanol–water partition coefficient (Wildman–Crippen LogP) is 9.59. The fourth-order valence-corrected chi connectivity index (χ4v) is 10.3. The van der Waals surface area contributed by atoms with E-state index in [2.05, 4.69) is 208 Å². The topological polar surface area (TPSA) is 48.8 Å². The lowest BCUT2D eigenvalue weighted by Crippen LogP contribution is -2.34. The highest BCUT2D eigenvalue weighted by Crippen LogP contribution is 2.38. The molecule has 0 aromatic heterocycles. The summed E-state index contributed by atoms with van der Waals surface area (Å²) < 4.78 is 0. The molecular formula is C44H44N4P2. The van der Waals surface area contributed by atoms with Crippen molar-refractivity contribution in [2.24, 2.45) is 9.98 Å². The highest BCUT2D eigenvalue weighted by molar-refractivity contribution is 7.88. The molecule has 6 heteroatoms. The van der Waals surface area contributed by atoms with Crippen molar-refractivity contribution < 1.29 is 0 Å². The van der Waals surface area contributed by atoms with Gasteiger partial charge in [0.15, 0.2) is 0 Å². The maximum atomic E-state index is 5.23. The van der Waals surface area contributed by atoms with Crippen LogP contribution in [-0.2, 0) is 0 Å². The first-order valence-corrected chi connectivity index (χ1v) is 19.8. The SMILES string of the molecule is CC(C)N/C(=N\c1ccc(-c2ccc(/N=C(\NC(C)C)P(c3ccccc3)c3ccccc3)cc2)cc1)P(c1ccccc1)c1ccccc1. The lowest BCUT2D eigenvalue weighted by molar-refractivity contribution is 0.740. The number of amidine groups is 2. The molecule has 2 N–H and O–H groups in total.